The van der Waals surface area contributed by atoms with E-state index in [4.69, 9.17) is 9.47 Å². The monoisotopic (exact) mass is 403 g/mol. The molecule has 0 aromatic heterocycles. The van der Waals surface area contributed by atoms with Crippen LogP contribution in [0.3, 0.4) is 0 Å². The van der Waals surface area contributed by atoms with Crippen molar-refractivity contribution in [2.75, 3.05) is 27.3 Å². The minimum atomic E-state index is -3.75. The number of sulfonamides is 1. The molecule has 1 aliphatic heterocycles. The minimum absolute atomic E-state index is 0.105. The fourth-order valence-corrected chi connectivity index (χ4v) is 5.14. The van der Waals surface area contributed by atoms with Gasteiger partial charge >= 0.3 is 0 Å². The third kappa shape index (κ3) is 3.29. The molecule has 1 heterocycles. The molecule has 6 nitrogen and oxygen atoms in total. The fourth-order valence-electron chi connectivity index (χ4n) is 3.69. The highest BCUT2D eigenvalue weighted by Crippen LogP contribution is 2.40. The Labute approximate surface area is 166 Å². The van der Waals surface area contributed by atoms with Crippen LogP contribution in [0, 0.1) is 6.92 Å². The normalized spacial score (nSPS) is 20.4. The van der Waals surface area contributed by atoms with Crippen LogP contribution in [0.15, 0.2) is 47.4 Å². The van der Waals surface area contributed by atoms with Crippen molar-refractivity contribution < 1.29 is 22.7 Å². The van der Waals surface area contributed by atoms with Crippen LogP contribution in [-0.4, -0.2) is 45.8 Å². The number of aryl methyl sites for hydroxylation is 1. The van der Waals surface area contributed by atoms with Gasteiger partial charge in [-0.05, 0) is 43.2 Å². The lowest BCUT2D eigenvalue weighted by Crippen LogP contribution is -2.36. The second-order valence-corrected chi connectivity index (χ2v) is 8.95. The van der Waals surface area contributed by atoms with E-state index in [0.29, 0.717) is 17.9 Å². The quantitative estimate of drug-likeness (QED) is 0.742. The van der Waals surface area contributed by atoms with Gasteiger partial charge < -0.3 is 9.47 Å². The third-order valence-corrected chi connectivity index (χ3v) is 7.30. The first-order chi connectivity index (χ1) is 13.3. The van der Waals surface area contributed by atoms with Crippen molar-refractivity contribution in [2.45, 2.75) is 30.6 Å². The summed E-state index contributed by atoms with van der Waals surface area (Å²) in [4.78, 5) is 13.2. The van der Waals surface area contributed by atoms with Crippen LogP contribution >= 0.6 is 0 Å². The Balaban J connectivity index is 2.00. The lowest BCUT2D eigenvalue weighted by atomic mass is 9.76. The summed E-state index contributed by atoms with van der Waals surface area (Å²) in [5, 5.41) is 0. The average Bonchev–Trinajstić information content (AvgIpc) is 3.06. The number of carbonyl (C=O) groups excluding carboxylic acids is 1. The number of Topliss-reactive ketones (excluding diaryl/α,β-unsaturated/α-hetero) is 1. The Kier molecular flexibility index (Phi) is 5.50. The van der Waals surface area contributed by atoms with E-state index < -0.39 is 15.4 Å². The first-order valence-corrected chi connectivity index (χ1v) is 10.5. The Morgan fingerprint density at radius 3 is 2.25 bits per heavy atom. The van der Waals surface area contributed by atoms with Crippen molar-refractivity contribution in [2.24, 2.45) is 0 Å². The molecule has 0 aliphatic carbocycles. The zero-order valence-electron chi connectivity index (χ0n) is 16.6. The van der Waals surface area contributed by atoms with Crippen LogP contribution in [0.2, 0.25) is 0 Å². The predicted octanol–water partition coefficient (Wildman–Crippen LogP) is 2.93. The number of rotatable bonds is 6. The van der Waals surface area contributed by atoms with Crippen LogP contribution in [0.5, 0.6) is 11.5 Å². The summed E-state index contributed by atoms with van der Waals surface area (Å²) in [6.07, 6.45) is 0.487. The molecule has 1 aliphatic rings. The minimum Gasteiger partial charge on any atom is -0.493 e. The van der Waals surface area contributed by atoms with Crippen molar-refractivity contribution >= 4 is 15.8 Å². The molecule has 3 rings (SSSR count). The van der Waals surface area contributed by atoms with E-state index in [-0.39, 0.29) is 23.8 Å². The van der Waals surface area contributed by atoms with E-state index in [9.17, 15) is 13.2 Å². The van der Waals surface area contributed by atoms with Crippen LogP contribution in [0.1, 0.15) is 24.5 Å². The average molecular weight is 404 g/mol. The van der Waals surface area contributed by atoms with E-state index >= 15 is 0 Å². The van der Waals surface area contributed by atoms with E-state index in [2.05, 4.69) is 0 Å². The SMILES string of the molecule is CC[C@]1(c2ccc(OC)c(OC)c2)CN(S(=O)(=O)c2ccc(C)cc2)CC1=O. The second-order valence-electron chi connectivity index (χ2n) is 7.01. The Hall–Kier alpha value is -2.38. The van der Waals surface area contributed by atoms with Crippen LogP contribution < -0.4 is 9.47 Å². The molecule has 2 aromatic carbocycles. The third-order valence-electron chi connectivity index (χ3n) is 5.50. The zero-order chi connectivity index (χ0) is 20.5. The summed E-state index contributed by atoms with van der Waals surface area (Å²) in [6.45, 7) is 3.76. The maximum Gasteiger partial charge on any atom is 0.243 e. The van der Waals surface area contributed by atoms with Crippen molar-refractivity contribution in [3.8, 4) is 11.5 Å². The van der Waals surface area contributed by atoms with E-state index in [1.807, 2.05) is 19.9 Å². The summed E-state index contributed by atoms with van der Waals surface area (Å²) in [6, 6.07) is 12.0. The van der Waals surface area contributed by atoms with E-state index in [1.54, 1.807) is 43.5 Å². The number of nitrogens with zero attached hydrogens (tertiary/aromatic N) is 1. The van der Waals surface area contributed by atoms with Crippen molar-refractivity contribution in [3.63, 3.8) is 0 Å². The Bertz CT molecular complexity index is 984. The topological polar surface area (TPSA) is 72.9 Å². The molecule has 0 bridgehead atoms. The van der Waals surface area contributed by atoms with Gasteiger partial charge in [-0.1, -0.05) is 30.7 Å². The first-order valence-electron chi connectivity index (χ1n) is 9.11. The van der Waals surface area contributed by atoms with Gasteiger partial charge in [-0.3, -0.25) is 4.79 Å². The molecule has 0 N–H and O–H groups in total. The maximum atomic E-state index is 13.1. The number of ketones is 1. The summed E-state index contributed by atoms with van der Waals surface area (Å²) >= 11 is 0. The van der Waals surface area contributed by atoms with Gasteiger partial charge in [0, 0.05) is 6.54 Å². The lowest BCUT2D eigenvalue weighted by Gasteiger charge is -2.27. The lowest BCUT2D eigenvalue weighted by molar-refractivity contribution is -0.121. The molecule has 0 saturated carbocycles. The number of hydrogen-bond acceptors (Lipinski definition) is 5. The standard InChI is InChI=1S/C21H25NO5S/c1-5-21(16-8-11-18(26-3)19(12-16)27-4)14-22(13-20(21)23)28(24,25)17-9-6-15(2)7-10-17/h6-12H,5,13-14H2,1-4H3/t21-/m1/s1. The van der Waals surface area contributed by atoms with Gasteiger partial charge in [-0.2, -0.15) is 4.31 Å². The summed E-state index contributed by atoms with van der Waals surface area (Å²) in [5.41, 5.74) is 0.807. The number of ether oxygens (including phenoxy) is 2. The largest absolute Gasteiger partial charge is 0.493 e. The molecule has 28 heavy (non-hydrogen) atoms. The van der Waals surface area contributed by atoms with Crippen LogP contribution in [0.4, 0.5) is 0 Å². The highest BCUT2D eigenvalue weighted by atomic mass is 32.2. The molecule has 150 valence electrons. The summed E-state index contributed by atoms with van der Waals surface area (Å²) in [7, 11) is -0.671. The molecule has 7 heteroatoms. The van der Waals surface area contributed by atoms with Crippen molar-refractivity contribution in [1.29, 1.82) is 0 Å². The molecule has 1 saturated heterocycles. The van der Waals surface area contributed by atoms with Gasteiger partial charge in [0.2, 0.25) is 10.0 Å². The van der Waals surface area contributed by atoms with Gasteiger partial charge in [-0.15, -0.1) is 0 Å². The molecule has 0 unspecified atom stereocenters. The van der Waals surface area contributed by atoms with Crippen molar-refractivity contribution in [1.82, 2.24) is 4.31 Å². The predicted molar refractivity (Wildman–Crippen MR) is 106 cm³/mol. The first kappa shape index (κ1) is 20.4. The molecule has 1 fully saturated rings. The zero-order valence-corrected chi connectivity index (χ0v) is 17.4. The Morgan fingerprint density at radius 1 is 1.04 bits per heavy atom. The molecular formula is C21H25NO5S. The fraction of sp³-hybridized carbons (Fsp3) is 0.381. The molecule has 2 aromatic rings. The molecule has 1 atom stereocenters. The highest BCUT2D eigenvalue weighted by molar-refractivity contribution is 7.89. The summed E-state index contributed by atoms with van der Waals surface area (Å²) in [5.74, 6) is 0.963. The van der Waals surface area contributed by atoms with Gasteiger partial charge in [-0.25, -0.2) is 8.42 Å². The smallest absolute Gasteiger partial charge is 0.243 e. The summed E-state index contributed by atoms with van der Waals surface area (Å²) < 4.78 is 38.1. The van der Waals surface area contributed by atoms with Gasteiger partial charge in [0.25, 0.3) is 0 Å². The van der Waals surface area contributed by atoms with Gasteiger partial charge in [0.15, 0.2) is 17.3 Å². The van der Waals surface area contributed by atoms with Gasteiger partial charge in [0.05, 0.1) is 31.1 Å². The van der Waals surface area contributed by atoms with Crippen LogP contribution in [0.25, 0.3) is 0 Å². The number of hydrogen-bond donors (Lipinski definition) is 0. The maximum absolute atomic E-state index is 13.1. The van der Waals surface area contributed by atoms with E-state index in [1.165, 1.54) is 11.4 Å². The van der Waals surface area contributed by atoms with Crippen molar-refractivity contribution in [3.05, 3.63) is 53.6 Å². The van der Waals surface area contributed by atoms with Gasteiger partial charge in [0.1, 0.15) is 0 Å². The second kappa shape index (κ2) is 7.56. The van der Waals surface area contributed by atoms with E-state index in [0.717, 1.165) is 11.1 Å². The molecule has 0 amide bonds. The molecule has 0 spiro atoms. The molecular weight excluding hydrogens is 378 g/mol. The van der Waals surface area contributed by atoms with Crippen LogP contribution in [-0.2, 0) is 20.2 Å². The molecule has 0 radical (unpaired) electrons. The number of methoxy groups -OCH3 is 2. The number of benzene rings is 2. The number of carbonyl (C=O) groups is 1. The Morgan fingerprint density at radius 2 is 1.68 bits per heavy atom. The highest BCUT2D eigenvalue weighted by Gasteiger charge is 2.49.